The summed E-state index contributed by atoms with van der Waals surface area (Å²) in [4.78, 5) is 0. The van der Waals surface area contributed by atoms with Gasteiger partial charge in [0.05, 0.1) is 11.0 Å². The first-order chi connectivity index (χ1) is 19.7. The van der Waals surface area contributed by atoms with Crippen LogP contribution in [0.5, 0.6) is 0 Å². The molecule has 0 saturated carbocycles. The van der Waals surface area contributed by atoms with Gasteiger partial charge in [0.2, 0.25) is 0 Å². The molecule has 2 aromatic heterocycles. The lowest BCUT2D eigenvalue weighted by atomic mass is 10.1. The average molecular weight is 515 g/mol. The number of rotatable bonds is 5. The summed E-state index contributed by atoms with van der Waals surface area (Å²) in [7, 11) is 2.14. The quantitative estimate of drug-likeness (QED) is 0.216. The molecule has 2 heteroatoms. The number of benzene rings is 5. The normalized spacial score (nSPS) is 12.1. The molecule has 0 bridgehead atoms. The average Bonchev–Trinajstić information content (AvgIpc) is 3.48. The van der Waals surface area contributed by atoms with Gasteiger partial charge in [-0.15, -0.1) is 0 Å². The third-order valence-corrected chi connectivity index (χ3v) is 7.89. The number of para-hydroxylation sites is 2. The number of fused-ring (bicyclic) bond motifs is 4. The predicted octanol–water partition coefficient (Wildman–Crippen LogP) is 10.1. The van der Waals surface area contributed by atoms with Crippen LogP contribution in [0.2, 0.25) is 0 Å². The molecule has 0 unspecified atom stereocenters. The van der Waals surface area contributed by atoms with E-state index in [-0.39, 0.29) is 0 Å². The lowest BCUT2D eigenvalue weighted by Gasteiger charge is -2.10. The summed E-state index contributed by atoms with van der Waals surface area (Å²) in [5, 5.41) is 3.80. The zero-order valence-corrected chi connectivity index (χ0v) is 22.8. The standard InChI is InChI=1S/C38H30N2/c1-3-11-35-33(31-14-7-9-16-36(31)39(35)2)24-18-27-19-25-34-32-15-8-10-17-37(32)40(38(34)26-27)30-22-20-29(21-23-30)28-12-5-4-6-13-28/h3-26H,1-2H3/b11-3-,24-18+. The second-order valence-corrected chi connectivity index (χ2v) is 10.3. The van der Waals surface area contributed by atoms with E-state index in [1.165, 1.54) is 60.7 Å². The van der Waals surface area contributed by atoms with Crippen molar-refractivity contribution in [3.8, 4) is 16.8 Å². The molecule has 0 aliphatic rings. The maximum absolute atomic E-state index is 2.39. The van der Waals surface area contributed by atoms with Crippen molar-refractivity contribution in [2.45, 2.75) is 6.92 Å². The molecule has 0 spiro atoms. The molecule has 5 aromatic carbocycles. The Morgan fingerprint density at radius 1 is 0.525 bits per heavy atom. The Balaban J connectivity index is 1.36. The summed E-state index contributed by atoms with van der Waals surface area (Å²) in [5.41, 5.74) is 10.9. The zero-order valence-electron chi connectivity index (χ0n) is 22.8. The second kappa shape index (κ2) is 9.91. The van der Waals surface area contributed by atoms with E-state index in [4.69, 9.17) is 0 Å². The van der Waals surface area contributed by atoms with Crippen molar-refractivity contribution in [2.75, 3.05) is 0 Å². The second-order valence-electron chi connectivity index (χ2n) is 10.3. The Hall–Kier alpha value is -5.08. The first-order valence-electron chi connectivity index (χ1n) is 13.8. The van der Waals surface area contributed by atoms with Crippen LogP contribution in [0, 0.1) is 0 Å². The van der Waals surface area contributed by atoms with Gasteiger partial charge in [0, 0.05) is 45.7 Å². The third kappa shape index (κ3) is 3.97. The van der Waals surface area contributed by atoms with E-state index < -0.39 is 0 Å². The van der Waals surface area contributed by atoms with Crippen molar-refractivity contribution < 1.29 is 0 Å². The van der Waals surface area contributed by atoms with Gasteiger partial charge in [-0.1, -0.05) is 109 Å². The molecule has 0 aliphatic carbocycles. The highest BCUT2D eigenvalue weighted by Crippen LogP contribution is 2.34. The minimum Gasteiger partial charge on any atom is -0.344 e. The molecule has 0 amide bonds. The van der Waals surface area contributed by atoms with Crippen molar-refractivity contribution in [3.63, 3.8) is 0 Å². The predicted molar refractivity (Wildman–Crippen MR) is 173 cm³/mol. The van der Waals surface area contributed by atoms with E-state index in [9.17, 15) is 0 Å². The molecule has 40 heavy (non-hydrogen) atoms. The molecule has 7 aromatic rings. The number of aryl methyl sites for hydroxylation is 1. The highest BCUT2D eigenvalue weighted by Gasteiger charge is 2.13. The largest absolute Gasteiger partial charge is 0.344 e. The minimum absolute atomic E-state index is 1.16. The molecule has 192 valence electrons. The van der Waals surface area contributed by atoms with Crippen LogP contribution < -0.4 is 0 Å². The van der Waals surface area contributed by atoms with Gasteiger partial charge >= 0.3 is 0 Å². The fourth-order valence-corrected chi connectivity index (χ4v) is 5.96. The van der Waals surface area contributed by atoms with E-state index in [2.05, 4.69) is 169 Å². The maximum Gasteiger partial charge on any atom is 0.0547 e. The Labute approximate surface area is 234 Å². The smallest absolute Gasteiger partial charge is 0.0547 e. The summed E-state index contributed by atoms with van der Waals surface area (Å²) < 4.78 is 4.66. The molecule has 0 N–H and O–H groups in total. The first-order valence-corrected chi connectivity index (χ1v) is 13.8. The molecule has 0 aliphatic heterocycles. The van der Waals surface area contributed by atoms with Crippen molar-refractivity contribution in [1.82, 2.24) is 9.13 Å². The Morgan fingerprint density at radius 2 is 1.18 bits per heavy atom. The molecular weight excluding hydrogens is 484 g/mol. The van der Waals surface area contributed by atoms with E-state index >= 15 is 0 Å². The Morgan fingerprint density at radius 3 is 1.95 bits per heavy atom. The monoisotopic (exact) mass is 514 g/mol. The van der Waals surface area contributed by atoms with Crippen LogP contribution in [-0.4, -0.2) is 9.13 Å². The molecule has 0 radical (unpaired) electrons. The summed E-state index contributed by atoms with van der Waals surface area (Å²) in [5.74, 6) is 0. The van der Waals surface area contributed by atoms with Gasteiger partial charge in [-0.25, -0.2) is 0 Å². The maximum atomic E-state index is 2.39. The van der Waals surface area contributed by atoms with E-state index in [0.29, 0.717) is 0 Å². The number of hydrogen-bond donors (Lipinski definition) is 0. The topological polar surface area (TPSA) is 9.86 Å². The summed E-state index contributed by atoms with van der Waals surface area (Å²) >= 11 is 0. The molecular formula is C38H30N2. The summed E-state index contributed by atoms with van der Waals surface area (Å²) in [6.07, 6.45) is 8.81. The van der Waals surface area contributed by atoms with E-state index in [0.717, 1.165) is 5.69 Å². The van der Waals surface area contributed by atoms with Crippen molar-refractivity contribution in [2.24, 2.45) is 7.05 Å². The number of allylic oxidation sites excluding steroid dienone is 1. The van der Waals surface area contributed by atoms with Gasteiger partial charge in [0.25, 0.3) is 0 Å². The summed E-state index contributed by atoms with van der Waals surface area (Å²) in [6, 6.07) is 43.6. The molecule has 0 atom stereocenters. The van der Waals surface area contributed by atoms with Crippen molar-refractivity contribution >= 4 is 50.9 Å². The molecule has 2 heterocycles. The fourth-order valence-electron chi connectivity index (χ4n) is 5.96. The van der Waals surface area contributed by atoms with Crippen molar-refractivity contribution in [1.29, 1.82) is 0 Å². The van der Waals surface area contributed by atoms with Gasteiger partial charge in [-0.2, -0.15) is 0 Å². The SMILES string of the molecule is C/C=C\c1c(/C=C/c2ccc3c4ccccc4n(-c4ccc(-c5ccccc5)cc4)c3c2)c2ccccc2n1C. The third-order valence-electron chi connectivity index (χ3n) is 7.89. The lowest BCUT2D eigenvalue weighted by molar-refractivity contribution is 0.953. The van der Waals surface area contributed by atoms with Crippen molar-refractivity contribution in [3.05, 3.63) is 144 Å². The summed E-state index contributed by atoms with van der Waals surface area (Å²) in [6.45, 7) is 2.07. The van der Waals surface area contributed by atoms with Crippen LogP contribution >= 0.6 is 0 Å². The van der Waals surface area contributed by atoms with Crippen LogP contribution in [0.3, 0.4) is 0 Å². The van der Waals surface area contributed by atoms with Gasteiger partial charge in [0.1, 0.15) is 0 Å². The number of nitrogens with zero attached hydrogens (tertiary/aromatic N) is 2. The van der Waals surface area contributed by atoms with Crippen LogP contribution in [0.15, 0.2) is 127 Å². The van der Waals surface area contributed by atoms with E-state index in [1.807, 2.05) is 0 Å². The van der Waals surface area contributed by atoms with Gasteiger partial charge in [-0.05, 0) is 60.0 Å². The van der Waals surface area contributed by atoms with Crippen LogP contribution in [0.4, 0.5) is 0 Å². The fraction of sp³-hybridized carbons (Fsp3) is 0.0526. The Bertz CT molecular complexity index is 2050. The minimum atomic E-state index is 1.16. The molecule has 2 nitrogen and oxygen atoms in total. The Kier molecular flexibility index (Phi) is 5.94. The molecule has 0 saturated heterocycles. The van der Waals surface area contributed by atoms with Gasteiger partial charge < -0.3 is 9.13 Å². The van der Waals surface area contributed by atoms with Gasteiger partial charge in [0.15, 0.2) is 0 Å². The van der Waals surface area contributed by atoms with Crippen LogP contribution in [0.1, 0.15) is 23.7 Å². The molecule has 7 rings (SSSR count). The highest BCUT2D eigenvalue weighted by molar-refractivity contribution is 6.10. The first kappa shape index (κ1) is 24.0. The van der Waals surface area contributed by atoms with E-state index in [1.54, 1.807) is 0 Å². The molecule has 0 fully saturated rings. The number of aromatic nitrogens is 2. The highest BCUT2D eigenvalue weighted by atomic mass is 15.0. The lowest BCUT2D eigenvalue weighted by Crippen LogP contribution is -1.94. The van der Waals surface area contributed by atoms with Crippen LogP contribution in [-0.2, 0) is 7.05 Å². The van der Waals surface area contributed by atoms with Crippen LogP contribution in [0.25, 0.3) is 67.8 Å². The van der Waals surface area contributed by atoms with Gasteiger partial charge in [-0.3, -0.25) is 0 Å². The zero-order chi connectivity index (χ0) is 27.1. The number of hydrogen-bond acceptors (Lipinski definition) is 0.